The number of nitriles is 1. The number of fused-ring (bicyclic) bond motifs is 1. The molecule has 0 amide bonds. The predicted molar refractivity (Wildman–Crippen MR) is 90.6 cm³/mol. The summed E-state index contributed by atoms with van der Waals surface area (Å²) >= 11 is 0. The smallest absolute Gasteiger partial charge is 0.225 e. The molecule has 0 aliphatic rings. The summed E-state index contributed by atoms with van der Waals surface area (Å²) in [6, 6.07) is 13.5. The molecule has 0 saturated carbocycles. The lowest BCUT2D eigenvalue weighted by atomic mass is 9.99. The average Bonchev–Trinajstić information content (AvgIpc) is 2.60. The van der Waals surface area contributed by atoms with E-state index < -0.39 is 0 Å². The molecular weight excluding hydrogens is 288 g/mol. The number of benzene rings is 2. The normalized spacial score (nSPS) is 10.3. The van der Waals surface area contributed by atoms with Gasteiger partial charge in [-0.25, -0.2) is 9.97 Å². The molecule has 5 nitrogen and oxygen atoms in total. The van der Waals surface area contributed by atoms with Gasteiger partial charge in [-0.1, -0.05) is 12.1 Å². The van der Waals surface area contributed by atoms with Crippen molar-refractivity contribution in [1.82, 2.24) is 9.97 Å². The van der Waals surface area contributed by atoms with E-state index in [2.05, 4.69) is 16.0 Å². The van der Waals surface area contributed by atoms with Gasteiger partial charge in [0.2, 0.25) is 5.95 Å². The molecule has 2 aromatic carbocycles. The van der Waals surface area contributed by atoms with Crippen molar-refractivity contribution in [3.05, 3.63) is 48.2 Å². The Kier molecular flexibility index (Phi) is 3.82. The molecule has 114 valence electrons. The second kappa shape index (κ2) is 5.93. The largest absolute Gasteiger partial charge is 0.494 e. The fraction of sp³-hybridized carbons (Fsp3) is 0.167. The van der Waals surface area contributed by atoms with Crippen LogP contribution in [-0.2, 0) is 0 Å². The van der Waals surface area contributed by atoms with Crippen molar-refractivity contribution in [2.24, 2.45) is 0 Å². The van der Waals surface area contributed by atoms with Gasteiger partial charge in [-0.3, -0.25) is 0 Å². The summed E-state index contributed by atoms with van der Waals surface area (Å²) < 4.78 is 5.44. The van der Waals surface area contributed by atoms with Gasteiger partial charge in [0.25, 0.3) is 0 Å². The van der Waals surface area contributed by atoms with E-state index in [1.807, 2.05) is 49.3 Å². The van der Waals surface area contributed by atoms with E-state index in [0.29, 0.717) is 17.3 Å². The highest BCUT2D eigenvalue weighted by molar-refractivity contribution is 5.98. The number of nitrogens with zero attached hydrogens (tertiary/aromatic N) is 4. The van der Waals surface area contributed by atoms with Crippen molar-refractivity contribution in [2.45, 2.75) is 0 Å². The Hall–Kier alpha value is -3.13. The van der Waals surface area contributed by atoms with Crippen LogP contribution in [0.2, 0.25) is 0 Å². The predicted octanol–water partition coefficient (Wildman–Crippen LogP) is 3.24. The Balaban J connectivity index is 2.28. The minimum atomic E-state index is 0.622. The lowest BCUT2D eigenvalue weighted by molar-refractivity contribution is 0.419. The van der Waals surface area contributed by atoms with Gasteiger partial charge in [0.1, 0.15) is 11.3 Å². The SMILES string of the molecule is COc1ccc(-c2cccc(C#N)c2)c2cnc(N(C)C)nc12. The molecule has 23 heavy (non-hydrogen) atoms. The van der Waals surface area contributed by atoms with E-state index in [9.17, 15) is 0 Å². The zero-order valence-electron chi connectivity index (χ0n) is 13.2. The van der Waals surface area contributed by atoms with E-state index in [4.69, 9.17) is 10.00 Å². The molecule has 0 aliphatic carbocycles. The van der Waals surface area contributed by atoms with Crippen LogP contribution in [-0.4, -0.2) is 31.2 Å². The molecule has 3 aromatic rings. The third kappa shape index (κ3) is 2.67. The van der Waals surface area contributed by atoms with Gasteiger partial charge in [0.05, 0.1) is 18.7 Å². The summed E-state index contributed by atoms with van der Waals surface area (Å²) in [4.78, 5) is 10.9. The lowest BCUT2D eigenvalue weighted by Gasteiger charge is -2.14. The number of hydrogen-bond acceptors (Lipinski definition) is 5. The van der Waals surface area contributed by atoms with Gasteiger partial charge in [0.15, 0.2) is 0 Å². The quantitative estimate of drug-likeness (QED) is 0.743. The fourth-order valence-electron chi connectivity index (χ4n) is 2.47. The summed E-state index contributed by atoms with van der Waals surface area (Å²) in [5, 5.41) is 10.00. The van der Waals surface area contributed by atoms with Crippen LogP contribution in [0.4, 0.5) is 5.95 Å². The standard InChI is InChI=1S/C18H16N4O/c1-22(2)18-20-11-15-14(7-8-16(23-3)17(15)21-18)13-6-4-5-12(9-13)10-19/h4-9,11H,1-3H3. The number of ether oxygens (including phenoxy) is 1. The van der Waals surface area contributed by atoms with Gasteiger partial charge in [0, 0.05) is 25.7 Å². The summed E-state index contributed by atoms with van der Waals surface area (Å²) in [6.45, 7) is 0. The van der Waals surface area contributed by atoms with Crippen molar-refractivity contribution >= 4 is 16.9 Å². The lowest BCUT2D eigenvalue weighted by Crippen LogP contribution is -2.12. The van der Waals surface area contributed by atoms with Gasteiger partial charge in [-0.2, -0.15) is 5.26 Å². The topological polar surface area (TPSA) is 62.0 Å². The van der Waals surface area contributed by atoms with Crippen LogP contribution >= 0.6 is 0 Å². The molecule has 0 atom stereocenters. The van der Waals surface area contributed by atoms with Crippen LogP contribution < -0.4 is 9.64 Å². The van der Waals surface area contributed by atoms with E-state index in [-0.39, 0.29) is 0 Å². The van der Waals surface area contributed by atoms with Gasteiger partial charge in [-0.15, -0.1) is 0 Å². The van der Waals surface area contributed by atoms with Crippen molar-refractivity contribution in [3.63, 3.8) is 0 Å². The van der Waals surface area contributed by atoms with Crippen LogP contribution in [0.25, 0.3) is 22.0 Å². The minimum Gasteiger partial charge on any atom is -0.494 e. The number of hydrogen-bond donors (Lipinski definition) is 0. The average molecular weight is 304 g/mol. The van der Waals surface area contributed by atoms with Crippen LogP contribution in [0.3, 0.4) is 0 Å². The van der Waals surface area contributed by atoms with Gasteiger partial charge >= 0.3 is 0 Å². The minimum absolute atomic E-state index is 0.622. The third-order valence-electron chi connectivity index (χ3n) is 3.62. The molecule has 3 rings (SSSR count). The molecule has 0 N–H and O–H groups in total. The Morgan fingerprint density at radius 3 is 2.70 bits per heavy atom. The highest BCUT2D eigenvalue weighted by Crippen LogP contribution is 2.33. The zero-order valence-corrected chi connectivity index (χ0v) is 13.2. The maximum Gasteiger partial charge on any atom is 0.225 e. The summed E-state index contributed by atoms with van der Waals surface area (Å²) in [5.74, 6) is 1.32. The van der Waals surface area contributed by atoms with Crippen LogP contribution in [0.1, 0.15) is 5.56 Å². The van der Waals surface area contributed by atoms with Crippen molar-refractivity contribution in [2.75, 3.05) is 26.1 Å². The molecule has 0 fully saturated rings. The highest BCUT2D eigenvalue weighted by Gasteiger charge is 2.12. The van der Waals surface area contributed by atoms with Crippen molar-refractivity contribution in [1.29, 1.82) is 5.26 Å². The second-order valence-corrected chi connectivity index (χ2v) is 5.33. The summed E-state index contributed by atoms with van der Waals surface area (Å²) in [5.41, 5.74) is 3.31. The first-order valence-electron chi connectivity index (χ1n) is 7.15. The Bertz CT molecular complexity index is 913. The van der Waals surface area contributed by atoms with Gasteiger partial charge in [-0.05, 0) is 35.4 Å². The molecule has 5 heteroatoms. The third-order valence-corrected chi connectivity index (χ3v) is 3.62. The van der Waals surface area contributed by atoms with E-state index >= 15 is 0 Å². The Labute approximate surface area is 134 Å². The molecular formula is C18H16N4O. The second-order valence-electron chi connectivity index (χ2n) is 5.33. The molecule has 1 heterocycles. The summed E-state index contributed by atoms with van der Waals surface area (Å²) in [7, 11) is 5.42. The molecule has 0 saturated heterocycles. The number of aromatic nitrogens is 2. The highest BCUT2D eigenvalue weighted by atomic mass is 16.5. The first-order chi connectivity index (χ1) is 11.1. The first-order valence-corrected chi connectivity index (χ1v) is 7.15. The van der Waals surface area contributed by atoms with Gasteiger partial charge < -0.3 is 9.64 Å². The van der Waals surface area contributed by atoms with Crippen LogP contribution in [0.15, 0.2) is 42.6 Å². The van der Waals surface area contributed by atoms with E-state index in [0.717, 1.165) is 22.0 Å². The number of anilines is 1. The molecule has 0 radical (unpaired) electrons. The van der Waals surface area contributed by atoms with Crippen LogP contribution in [0.5, 0.6) is 5.75 Å². The van der Waals surface area contributed by atoms with Crippen molar-refractivity contribution in [3.8, 4) is 22.9 Å². The Morgan fingerprint density at radius 1 is 1.17 bits per heavy atom. The first kappa shape index (κ1) is 14.8. The van der Waals surface area contributed by atoms with Crippen molar-refractivity contribution < 1.29 is 4.74 Å². The number of rotatable bonds is 3. The molecule has 0 aliphatic heterocycles. The maximum absolute atomic E-state index is 9.10. The molecule has 0 unspecified atom stereocenters. The fourth-order valence-corrected chi connectivity index (χ4v) is 2.47. The van der Waals surface area contributed by atoms with E-state index in [1.165, 1.54) is 0 Å². The monoisotopic (exact) mass is 304 g/mol. The number of methoxy groups -OCH3 is 1. The zero-order chi connectivity index (χ0) is 16.4. The molecule has 0 bridgehead atoms. The summed E-state index contributed by atoms with van der Waals surface area (Å²) in [6.07, 6.45) is 1.80. The Morgan fingerprint density at radius 2 is 2.00 bits per heavy atom. The van der Waals surface area contributed by atoms with Crippen LogP contribution in [0, 0.1) is 11.3 Å². The van der Waals surface area contributed by atoms with E-state index in [1.54, 1.807) is 19.4 Å². The molecule has 0 spiro atoms. The molecule has 1 aromatic heterocycles. The maximum atomic E-state index is 9.10.